The first-order valence-electron chi connectivity index (χ1n) is 4.41. The van der Waals surface area contributed by atoms with Crippen LogP contribution in [0.4, 0.5) is 0 Å². The van der Waals surface area contributed by atoms with E-state index in [1.807, 2.05) is 31.2 Å². The second-order valence-corrected chi connectivity index (χ2v) is 2.88. The van der Waals surface area contributed by atoms with Gasteiger partial charge in [0.25, 0.3) is 0 Å². The first-order chi connectivity index (χ1) is 6.27. The van der Waals surface area contributed by atoms with E-state index < -0.39 is 0 Å². The van der Waals surface area contributed by atoms with Crippen LogP contribution in [-0.2, 0) is 11.2 Å². The van der Waals surface area contributed by atoms with Crippen LogP contribution in [0, 0.1) is 0 Å². The molecule has 0 fully saturated rings. The van der Waals surface area contributed by atoms with Gasteiger partial charge in [-0.1, -0.05) is 25.1 Å². The Balaban J connectivity index is 2.81. The van der Waals surface area contributed by atoms with Gasteiger partial charge >= 0.3 is 0 Å². The molecule has 0 aromatic heterocycles. The van der Waals surface area contributed by atoms with Gasteiger partial charge in [0.15, 0.2) is 0 Å². The summed E-state index contributed by atoms with van der Waals surface area (Å²) in [5, 5.41) is 0. The highest BCUT2D eigenvalue weighted by Gasteiger charge is 2.05. The van der Waals surface area contributed by atoms with Crippen LogP contribution >= 0.6 is 0 Å². The third-order valence-corrected chi connectivity index (χ3v) is 1.97. The Hall–Kier alpha value is -1.31. The van der Waals surface area contributed by atoms with Gasteiger partial charge in [-0.3, -0.25) is 4.79 Å². The molecule has 0 N–H and O–H groups in total. The normalized spacial score (nSPS) is 9.69. The minimum absolute atomic E-state index is 0.240. The molecule has 1 aromatic rings. The van der Waals surface area contributed by atoms with Crippen molar-refractivity contribution in [1.82, 2.24) is 0 Å². The lowest BCUT2D eigenvalue weighted by Crippen LogP contribution is -2.02. The van der Waals surface area contributed by atoms with Crippen LogP contribution in [0.5, 0.6) is 5.75 Å². The lowest BCUT2D eigenvalue weighted by atomic mass is 10.1. The minimum atomic E-state index is 0.240. The Morgan fingerprint density at radius 2 is 2.08 bits per heavy atom. The van der Waals surface area contributed by atoms with Crippen molar-refractivity contribution in [2.45, 2.75) is 19.8 Å². The molecule has 0 amide bonds. The van der Waals surface area contributed by atoms with Gasteiger partial charge in [-0.25, -0.2) is 0 Å². The maximum atomic E-state index is 11.2. The van der Waals surface area contributed by atoms with Gasteiger partial charge in [-0.05, 0) is 6.07 Å². The standard InChI is InChI=1S/C11H14O2/c1-3-10(12)8-9-6-4-5-7-11(9)13-2/h4-7H,3,8H2,1-2H3. The molecule has 0 saturated carbocycles. The highest BCUT2D eigenvalue weighted by atomic mass is 16.5. The molecule has 2 nitrogen and oxygen atoms in total. The Bertz CT molecular complexity index is 292. The fourth-order valence-electron chi connectivity index (χ4n) is 1.19. The Labute approximate surface area is 78.5 Å². The summed E-state index contributed by atoms with van der Waals surface area (Å²) < 4.78 is 5.14. The molecule has 0 bridgehead atoms. The number of benzene rings is 1. The second-order valence-electron chi connectivity index (χ2n) is 2.88. The molecule has 0 unspecified atom stereocenters. The van der Waals surface area contributed by atoms with Crippen molar-refractivity contribution in [3.8, 4) is 5.75 Å². The van der Waals surface area contributed by atoms with Crippen molar-refractivity contribution in [2.75, 3.05) is 7.11 Å². The first kappa shape index (κ1) is 9.78. The lowest BCUT2D eigenvalue weighted by Gasteiger charge is -2.05. The number of para-hydroxylation sites is 1. The summed E-state index contributed by atoms with van der Waals surface area (Å²) in [7, 11) is 1.62. The van der Waals surface area contributed by atoms with Gasteiger partial charge in [0.1, 0.15) is 11.5 Å². The summed E-state index contributed by atoms with van der Waals surface area (Å²) in [6.45, 7) is 1.87. The van der Waals surface area contributed by atoms with Crippen LogP contribution in [0.25, 0.3) is 0 Å². The van der Waals surface area contributed by atoms with E-state index in [0.29, 0.717) is 12.8 Å². The van der Waals surface area contributed by atoms with E-state index in [1.54, 1.807) is 7.11 Å². The van der Waals surface area contributed by atoms with Gasteiger partial charge in [-0.2, -0.15) is 0 Å². The molecule has 0 saturated heterocycles. The lowest BCUT2D eigenvalue weighted by molar-refractivity contribution is -0.118. The maximum absolute atomic E-state index is 11.2. The number of hydrogen-bond acceptors (Lipinski definition) is 2. The van der Waals surface area contributed by atoms with Crippen molar-refractivity contribution in [3.63, 3.8) is 0 Å². The summed E-state index contributed by atoms with van der Waals surface area (Å²) in [5.74, 6) is 1.04. The van der Waals surface area contributed by atoms with Crippen LogP contribution in [0.1, 0.15) is 18.9 Å². The summed E-state index contributed by atoms with van der Waals surface area (Å²) in [4.78, 5) is 11.2. The van der Waals surface area contributed by atoms with Gasteiger partial charge < -0.3 is 4.74 Å². The molecule has 0 aliphatic carbocycles. The monoisotopic (exact) mass is 178 g/mol. The number of ketones is 1. The molecule has 0 radical (unpaired) electrons. The van der Waals surface area contributed by atoms with Gasteiger partial charge in [0, 0.05) is 18.4 Å². The number of Topliss-reactive ketones (excluding diaryl/α,β-unsaturated/α-hetero) is 1. The van der Waals surface area contributed by atoms with Crippen molar-refractivity contribution in [3.05, 3.63) is 29.8 Å². The highest BCUT2D eigenvalue weighted by Crippen LogP contribution is 2.18. The predicted octanol–water partition coefficient (Wildman–Crippen LogP) is 2.22. The fourth-order valence-corrected chi connectivity index (χ4v) is 1.19. The summed E-state index contributed by atoms with van der Waals surface area (Å²) in [5.41, 5.74) is 0.969. The zero-order chi connectivity index (χ0) is 9.68. The summed E-state index contributed by atoms with van der Waals surface area (Å²) >= 11 is 0. The van der Waals surface area contributed by atoms with E-state index in [2.05, 4.69) is 0 Å². The SMILES string of the molecule is CCC(=O)Cc1ccccc1OC. The number of rotatable bonds is 4. The molecule has 0 spiro atoms. The fraction of sp³-hybridized carbons (Fsp3) is 0.364. The largest absolute Gasteiger partial charge is 0.496 e. The van der Waals surface area contributed by atoms with E-state index in [0.717, 1.165) is 11.3 Å². The number of hydrogen-bond donors (Lipinski definition) is 0. The molecule has 1 rings (SSSR count). The third-order valence-electron chi connectivity index (χ3n) is 1.97. The molecule has 0 heterocycles. The van der Waals surface area contributed by atoms with Crippen LogP contribution in [0.15, 0.2) is 24.3 Å². The predicted molar refractivity (Wildman–Crippen MR) is 52.0 cm³/mol. The number of methoxy groups -OCH3 is 1. The van der Waals surface area contributed by atoms with E-state index in [4.69, 9.17) is 4.74 Å². The second kappa shape index (κ2) is 4.65. The zero-order valence-corrected chi connectivity index (χ0v) is 8.04. The van der Waals surface area contributed by atoms with Crippen molar-refractivity contribution in [2.24, 2.45) is 0 Å². The Morgan fingerprint density at radius 3 is 2.69 bits per heavy atom. The topological polar surface area (TPSA) is 26.3 Å². The average Bonchev–Trinajstić information content (AvgIpc) is 2.18. The Morgan fingerprint density at radius 1 is 1.38 bits per heavy atom. The summed E-state index contributed by atoms with van der Waals surface area (Å²) in [6, 6.07) is 7.62. The smallest absolute Gasteiger partial charge is 0.137 e. The highest BCUT2D eigenvalue weighted by molar-refractivity contribution is 5.81. The van der Waals surface area contributed by atoms with E-state index >= 15 is 0 Å². The average molecular weight is 178 g/mol. The van der Waals surface area contributed by atoms with Crippen LogP contribution in [-0.4, -0.2) is 12.9 Å². The quantitative estimate of drug-likeness (QED) is 0.706. The number of carbonyl (C=O) groups is 1. The molecule has 0 atom stereocenters. The minimum Gasteiger partial charge on any atom is -0.496 e. The molecular weight excluding hydrogens is 164 g/mol. The summed E-state index contributed by atoms with van der Waals surface area (Å²) in [6.07, 6.45) is 1.05. The van der Waals surface area contributed by atoms with Gasteiger partial charge in [0.05, 0.1) is 7.11 Å². The molecule has 70 valence electrons. The molecule has 13 heavy (non-hydrogen) atoms. The first-order valence-corrected chi connectivity index (χ1v) is 4.41. The maximum Gasteiger partial charge on any atom is 0.137 e. The zero-order valence-electron chi connectivity index (χ0n) is 8.04. The van der Waals surface area contributed by atoms with Crippen molar-refractivity contribution >= 4 is 5.78 Å². The molecule has 1 aromatic carbocycles. The number of ether oxygens (including phenoxy) is 1. The van der Waals surface area contributed by atoms with E-state index in [1.165, 1.54) is 0 Å². The van der Waals surface area contributed by atoms with Crippen LogP contribution in [0.3, 0.4) is 0 Å². The molecular formula is C11H14O2. The third kappa shape index (κ3) is 2.58. The van der Waals surface area contributed by atoms with Gasteiger partial charge in [0.2, 0.25) is 0 Å². The number of carbonyl (C=O) groups excluding carboxylic acids is 1. The Kier molecular flexibility index (Phi) is 3.50. The molecule has 0 aliphatic rings. The molecule has 0 aliphatic heterocycles. The van der Waals surface area contributed by atoms with Crippen molar-refractivity contribution in [1.29, 1.82) is 0 Å². The van der Waals surface area contributed by atoms with Crippen molar-refractivity contribution < 1.29 is 9.53 Å². The van der Waals surface area contributed by atoms with E-state index in [-0.39, 0.29) is 5.78 Å². The molecule has 2 heteroatoms. The van der Waals surface area contributed by atoms with Crippen LogP contribution in [0.2, 0.25) is 0 Å². The van der Waals surface area contributed by atoms with E-state index in [9.17, 15) is 4.79 Å². The van der Waals surface area contributed by atoms with Crippen LogP contribution < -0.4 is 4.74 Å². The van der Waals surface area contributed by atoms with Gasteiger partial charge in [-0.15, -0.1) is 0 Å².